The lowest BCUT2D eigenvalue weighted by Crippen LogP contribution is -2.39. The van der Waals surface area contributed by atoms with Crippen LogP contribution in [0.25, 0.3) is 0 Å². The van der Waals surface area contributed by atoms with Crippen molar-refractivity contribution in [3.05, 3.63) is 62.6 Å². The zero-order chi connectivity index (χ0) is 20.5. The molecule has 5 heteroatoms. The maximum atomic E-state index is 12.8. The first-order valence-electron chi connectivity index (χ1n) is 9.17. The average Bonchev–Trinajstić information content (AvgIpc) is 2.60. The predicted octanol–water partition coefficient (Wildman–Crippen LogP) is 4.87. The summed E-state index contributed by atoms with van der Waals surface area (Å²) in [5.41, 5.74) is 3.11. The summed E-state index contributed by atoms with van der Waals surface area (Å²) < 4.78 is 11.4. The molecule has 0 aromatic carbocycles. The molecule has 1 N–H and O–H groups in total. The molecule has 0 saturated carbocycles. The van der Waals surface area contributed by atoms with E-state index in [0.29, 0.717) is 23.3 Å². The fraction of sp³-hybridized carbons (Fsp3) is 0.500. The Morgan fingerprint density at radius 3 is 2.48 bits per heavy atom. The number of ether oxygens (including phenoxy) is 1. The van der Waals surface area contributed by atoms with Gasteiger partial charge in [0.15, 0.2) is 5.43 Å². The molecule has 2 rings (SSSR count). The summed E-state index contributed by atoms with van der Waals surface area (Å²) >= 11 is 0. The molecule has 1 aromatic heterocycles. The highest BCUT2D eigenvalue weighted by Crippen LogP contribution is 2.48. The molecule has 0 fully saturated rings. The zero-order valence-corrected chi connectivity index (χ0v) is 17.3. The second-order valence-corrected chi connectivity index (χ2v) is 7.57. The molecule has 3 atom stereocenters. The Labute approximate surface area is 160 Å². The van der Waals surface area contributed by atoms with Crippen molar-refractivity contribution in [3.8, 4) is 5.95 Å². The predicted molar refractivity (Wildman–Crippen MR) is 106 cm³/mol. The van der Waals surface area contributed by atoms with Gasteiger partial charge in [-0.25, -0.2) is 4.89 Å². The molecule has 0 amide bonds. The van der Waals surface area contributed by atoms with Gasteiger partial charge in [0.1, 0.15) is 11.9 Å². The lowest BCUT2D eigenvalue weighted by atomic mass is 9.63. The minimum atomic E-state index is -0.670. The highest BCUT2D eigenvalue weighted by atomic mass is 17.1. The van der Waals surface area contributed by atoms with Crippen LogP contribution in [0, 0.1) is 19.8 Å². The van der Waals surface area contributed by atoms with Crippen LogP contribution in [0.4, 0.5) is 0 Å². The van der Waals surface area contributed by atoms with Gasteiger partial charge in [0.2, 0.25) is 0 Å². The van der Waals surface area contributed by atoms with E-state index in [1.165, 1.54) is 7.11 Å². The third-order valence-corrected chi connectivity index (χ3v) is 5.52. The Kier molecular flexibility index (Phi) is 6.17. The molecule has 1 aromatic rings. The monoisotopic (exact) mass is 374 g/mol. The highest BCUT2D eigenvalue weighted by Gasteiger charge is 2.44. The minimum absolute atomic E-state index is 0.0950. The molecule has 5 nitrogen and oxygen atoms in total. The molecule has 27 heavy (non-hydrogen) atoms. The first kappa shape index (κ1) is 21.2. The zero-order valence-electron chi connectivity index (χ0n) is 17.3. The molecule has 0 radical (unpaired) electrons. The van der Waals surface area contributed by atoms with E-state index in [9.17, 15) is 10.1 Å². The Balaban J connectivity index is 2.77. The van der Waals surface area contributed by atoms with Gasteiger partial charge >= 0.3 is 0 Å². The van der Waals surface area contributed by atoms with Crippen molar-refractivity contribution >= 4 is 0 Å². The standard InChI is InChI=1S/C22H30O5/c1-9-17(27-24)14(4)18-13(3)10-12(2)11-22(18,7)20-15(5)19(23)16(6)21(25-8)26-20/h10-11,17-18,24H,4,9H2,1-3,5-8H3. The van der Waals surface area contributed by atoms with E-state index in [2.05, 4.69) is 23.6 Å². The van der Waals surface area contributed by atoms with E-state index in [-0.39, 0.29) is 17.3 Å². The molecular weight excluding hydrogens is 344 g/mol. The Morgan fingerprint density at radius 1 is 1.33 bits per heavy atom. The van der Waals surface area contributed by atoms with Gasteiger partial charge in [-0.1, -0.05) is 36.8 Å². The first-order valence-corrected chi connectivity index (χ1v) is 9.17. The van der Waals surface area contributed by atoms with E-state index < -0.39 is 11.5 Å². The second kappa shape index (κ2) is 7.87. The van der Waals surface area contributed by atoms with Crippen molar-refractivity contribution in [1.82, 2.24) is 0 Å². The van der Waals surface area contributed by atoms with E-state index in [1.807, 2.05) is 27.7 Å². The maximum Gasteiger partial charge on any atom is 0.291 e. The van der Waals surface area contributed by atoms with Gasteiger partial charge in [0, 0.05) is 11.5 Å². The van der Waals surface area contributed by atoms with Crippen molar-refractivity contribution in [3.63, 3.8) is 0 Å². The van der Waals surface area contributed by atoms with Gasteiger partial charge in [-0.2, -0.15) is 0 Å². The fourth-order valence-electron chi connectivity index (χ4n) is 4.41. The normalized spacial score (nSPS) is 23.5. The molecule has 0 spiro atoms. The van der Waals surface area contributed by atoms with Crippen molar-refractivity contribution in [2.75, 3.05) is 7.11 Å². The molecule has 0 saturated heterocycles. The quantitative estimate of drug-likeness (QED) is 0.437. The summed E-state index contributed by atoms with van der Waals surface area (Å²) in [7, 11) is 1.49. The SMILES string of the molecule is C=C(C(CC)OO)C1C(C)=CC(C)=CC1(C)c1oc(OC)c(C)c(=O)c1C. The second-order valence-electron chi connectivity index (χ2n) is 7.57. The van der Waals surface area contributed by atoms with E-state index in [4.69, 9.17) is 9.15 Å². The number of rotatable bonds is 6. The van der Waals surface area contributed by atoms with Crippen molar-refractivity contribution in [2.24, 2.45) is 5.92 Å². The van der Waals surface area contributed by atoms with Crippen LogP contribution in [-0.2, 0) is 10.3 Å². The van der Waals surface area contributed by atoms with Gasteiger partial charge in [0.05, 0.1) is 18.1 Å². The van der Waals surface area contributed by atoms with E-state index in [0.717, 1.165) is 16.7 Å². The van der Waals surface area contributed by atoms with Gasteiger partial charge < -0.3 is 9.15 Å². The lowest BCUT2D eigenvalue weighted by Gasteiger charge is -2.41. The van der Waals surface area contributed by atoms with Crippen molar-refractivity contribution in [1.29, 1.82) is 0 Å². The molecule has 1 aliphatic rings. The lowest BCUT2D eigenvalue weighted by molar-refractivity contribution is -0.270. The molecule has 0 bridgehead atoms. The van der Waals surface area contributed by atoms with Crippen molar-refractivity contribution < 1.29 is 19.3 Å². The molecular formula is C22H30O5. The largest absolute Gasteiger partial charge is 0.468 e. The van der Waals surface area contributed by atoms with Crippen LogP contribution in [0.3, 0.4) is 0 Å². The number of methoxy groups -OCH3 is 1. The summed E-state index contributed by atoms with van der Waals surface area (Å²) in [5.74, 6) is 0.558. The number of hydrogen-bond donors (Lipinski definition) is 1. The summed E-state index contributed by atoms with van der Waals surface area (Å²) in [6, 6.07) is 0. The summed E-state index contributed by atoms with van der Waals surface area (Å²) in [4.78, 5) is 17.4. The van der Waals surface area contributed by atoms with Crippen molar-refractivity contribution in [2.45, 2.75) is 59.5 Å². The maximum absolute atomic E-state index is 12.8. The van der Waals surface area contributed by atoms with Crippen LogP contribution >= 0.6 is 0 Å². The molecule has 148 valence electrons. The van der Waals surface area contributed by atoms with Gasteiger partial charge in [-0.3, -0.25) is 10.1 Å². The van der Waals surface area contributed by atoms with E-state index in [1.54, 1.807) is 13.8 Å². The third kappa shape index (κ3) is 3.54. The molecule has 1 aliphatic carbocycles. The van der Waals surface area contributed by atoms with Crippen LogP contribution in [0.15, 0.2) is 44.7 Å². The molecule has 0 aliphatic heterocycles. The van der Waals surface area contributed by atoms with Gasteiger partial charge in [0.25, 0.3) is 5.95 Å². The molecule has 3 unspecified atom stereocenters. The smallest absolute Gasteiger partial charge is 0.291 e. The van der Waals surface area contributed by atoms with Gasteiger partial charge in [-0.15, -0.1) is 0 Å². The summed E-state index contributed by atoms with van der Waals surface area (Å²) in [6.07, 6.45) is 4.24. The Hall–Kier alpha value is -2.11. The molecule has 1 heterocycles. The highest BCUT2D eigenvalue weighted by molar-refractivity contribution is 5.47. The van der Waals surface area contributed by atoms with Crippen LogP contribution in [0.1, 0.15) is 51.0 Å². The van der Waals surface area contributed by atoms with Gasteiger partial charge in [-0.05, 0) is 46.6 Å². The average molecular weight is 374 g/mol. The summed E-state index contributed by atoms with van der Waals surface area (Å²) in [6.45, 7) is 15.7. The minimum Gasteiger partial charge on any atom is -0.468 e. The van der Waals surface area contributed by atoms with Crippen LogP contribution in [-0.4, -0.2) is 18.5 Å². The summed E-state index contributed by atoms with van der Waals surface area (Å²) in [5, 5.41) is 9.33. The fourth-order valence-corrected chi connectivity index (χ4v) is 4.41. The Bertz CT molecular complexity index is 854. The van der Waals surface area contributed by atoms with Crippen LogP contribution in [0.5, 0.6) is 5.95 Å². The Morgan fingerprint density at radius 2 is 1.96 bits per heavy atom. The first-order chi connectivity index (χ1) is 12.6. The number of allylic oxidation sites excluding steroid dienone is 4. The third-order valence-electron chi connectivity index (χ3n) is 5.52. The van der Waals surface area contributed by atoms with Crippen LogP contribution < -0.4 is 10.2 Å². The van der Waals surface area contributed by atoms with E-state index >= 15 is 0 Å². The topological polar surface area (TPSA) is 68.9 Å². The number of hydrogen-bond acceptors (Lipinski definition) is 5. The van der Waals surface area contributed by atoms with Crippen LogP contribution in [0.2, 0.25) is 0 Å².